The van der Waals surface area contributed by atoms with E-state index < -0.39 is 35.5 Å². The van der Waals surface area contributed by atoms with Crippen LogP contribution in [0.3, 0.4) is 0 Å². The lowest BCUT2D eigenvalue weighted by molar-refractivity contribution is -0.153. The number of carbonyl (C=O) groups is 4. The smallest absolute Gasteiger partial charge is 0.238 e. The van der Waals surface area contributed by atoms with Gasteiger partial charge in [-0.15, -0.1) is 0 Å². The monoisotopic (exact) mass is 351 g/mol. The highest BCUT2D eigenvalue weighted by atomic mass is 35.5. The van der Waals surface area contributed by atoms with E-state index in [0.717, 1.165) is 4.90 Å². The number of halogens is 2. The summed E-state index contributed by atoms with van der Waals surface area (Å²) >= 11 is 11.8. The summed E-state index contributed by atoms with van der Waals surface area (Å²) in [5.74, 6) is -3.80. The highest BCUT2D eigenvalue weighted by Crippen LogP contribution is 2.51. The van der Waals surface area contributed by atoms with Crippen molar-refractivity contribution in [3.63, 3.8) is 0 Å². The van der Waals surface area contributed by atoms with Crippen molar-refractivity contribution >= 4 is 52.3 Å². The number of benzene rings is 1. The zero-order valence-electron chi connectivity index (χ0n) is 11.8. The predicted molar refractivity (Wildman–Crippen MR) is 82.2 cm³/mol. The van der Waals surface area contributed by atoms with Gasteiger partial charge in [0, 0.05) is 24.7 Å². The average Bonchev–Trinajstić information content (AvgIpc) is 2.77. The minimum Gasteiger partial charge on any atom is -0.299 e. The van der Waals surface area contributed by atoms with Crippen LogP contribution in [-0.2, 0) is 19.2 Å². The summed E-state index contributed by atoms with van der Waals surface area (Å²) in [5, 5.41) is 0.548. The number of Topliss-reactive ketones (excluding diaryl/α,β-unsaturated/α-hetero) is 2. The van der Waals surface area contributed by atoms with Gasteiger partial charge in [0.05, 0.1) is 27.6 Å². The van der Waals surface area contributed by atoms with E-state index in [1.807, 2.05) is 0 Å². The molecule has 3 aliphatic carbocycles. The van der Waals surface area contributed by atoms with Crippen LogP contribution in [0.5, 0.6) is 0 Å². The van der Waals surface area contributed by atoms with Gasteiger partial charge < -0.3 is 0 Å². The quantitative estimate of drug-likeness (QED) is 0.727. The SMILES string of the molecule is O=C1C[C@H]2C(=O)C[C@H]1[C@H]1C(=O)N(c3ccc(Cl)c(Cl)c3)C(=O)[C@@H]12. The lowest BCUT2D eigenvalue weighted by Crippen LogP contribution is -2.51. The first-order valence-electron chi connectivity index (χ1n) is 7.28. The van der Waals surface area contributed by atoms with Gasteiger partial charge in [0.15, 0.2) is 0 Å². The van der Waals surface area contributed by atoms with Crippen molar-refractivity contribution in [3.05, 3.63) is 28.2 Å². The van der Waals surface area contributed by atoms with Crippen molar-refractivity contribution in [1.82, 2.24) is 0 Å². The van der Waals surface area contributed by atoms with Crippen molar-refractivity contribution in [3.8, 4) is 0 Å². The van der Waals surface area contributed by atoms with Crippen LogP contribution in [0.15, 0.2) is 18.2 Å². The van der Waals surface area contributed by atoms with E-state index in [4.69, 9.17) is 23.2 Å². The largest absolute Gasteiger partial charge is 0.299 e. The Bertz CT molecular complexity index is 750. The molecule has 1 heterocycles. The van der Waals surface area contributed by atoms with Crippen LogP contribution in [0.1, 0.15) is 12.8 Å². The second-order valence-corrected chi connectivity index (χ2v) is 7.03. The Hall–Kier alpha value is -1.72. The molecule has 23 heavy (non-hydrogen) atoms. The van der Waals surface area contributed by atoms with Crippen LogP contribution in [-0.4, -0.2) is 23.4 Å². The van der Waals surface area contributed by atoms with Crippen LogP contribution < -0.4 is 4.90 Å². The molecule has 5 rings (SSSR count). The van der Waals surface area contributed by atoms with Crippen molar-refractivity contribution in [2.45, 2.75) is 12.8 Å². The van der Waals surface area contributed by atoms with Gasteiger partial charge in [0.25, 0.3) is 0 Å². The molecule has 1 aromatic rings. The molecule has 118 valence electrons. The normalized spacial score (nSPS) is 32.7. The van der Waals surface area contributed by atoms with Gasteiger partial charge in [-0.1, -0.05) is 23.2 Å². The molecule has 1 aromatic carbocycles. The molecule has 5 nitrogen and oxygen atoms in total. The zero-order chi connectivity index (χ0) is 16.5. The molecule has 0 aromatic heterocycles. The average molecular weight is 352 g/mol. The van der Waals surface area contributed by atoms with E-state index in [9.17, 15) is 19.2 Å². The van der Waals surface area contributed by atoms with Gasteiger partial charge in [-0.25, -0.2) is 4.90 Å². The van der Waals surface area contributed by atoms with Gasteiger partial charge in [-0.05, 0) is 18.2 Å². The third-order valence-corrected chi connectivity index (χ3v) is 5.83. The molecule has 1 aliphatic heterocycles. The Kier molecular flexibility index (Phi) is 3.15. The maximum Gasteiger partial charge on any atom is 0.238 e. The Balaban J connectivity index is 1.79. The van der Waals surface area contributed by atoms with Crippen LogP contribution in [0.25, 0.3) is 0 Å². The van der Waals surface area contributed by atoms with Crippen molar-refractivity contribution < 1.29 is 19.2 Å². The summed E-state index contributed by atoms with van der Waals surface area (Å²) in [4.78, 5) is 50.7. The number of fused-ring (bicyclic) bond motifs is 2. The van der Waals surface area contributed by atoms with Gasteiger partial charge >= 0.3 is 0 Å². The Morgan fingerprint density at radius 1 is 0.826 bits per heavy atom. The molecule has 0 spiro atoms. The van der Waals surface area contributed by atoms with Crippen molar-refractivity contribution in [2.75, 3.05) is 4.90 Å². The third-order valence-electron chi connectivity index (χ3n) is 5.10. The number of rotatable bonds is 1. The van der Waals surface area contributed by atoms with Crippen LogP contribution in [0.2, 0.25) is 10.0 Å². The van der Waals surface area contributed by atoms with Gasteiger partial charge in [0.1, 0.15) is 11.6 Å². The maximum atomic E-state index is 12.8. The molecule has 2 bridgehead atoms. The molecule has 1 saturated heterocycles. The first-order valence-corrected chi connectivity index (χ1v) is 8.04. The molecular formula is C16H11Cl2NO4. The number of ketones is 2. The summed E-state index contributed by atoms with van der Waals surface area (Å²) in [6, 6.07) is 4.49. The Labute approximate surface area is 141 Å². The van der Waals surface area contributed by atoms with Crippen LogP contribution in [0, 0.1) is 23.7 Å². The highest BCUT2D eigenvalue weighted by Gasteiger charge is 2.63. The number of hydrogen-bond donors (Lipinski definition) is 0. The lowest BCUT2D eigenvalue weighted by Gasteiger charge is -2.40. The number of amides is 2. The fourth-order valence-corrected chi connectivity index (χ4v) is 4.35. The molecule has 2 amide bonds. The molecule has 0 N–H and O–H groups in total. The van der Waals surface area contributed by atoms with Gasteiger partial charge in [0.2, 0.25) is 11.8 Å². The molecule has 4 atom stereocenters. The molecule has 4 aliphatic rings. The molecular weight excluding hydrogens is 341 g/mol. The number of anilines is 1. The van der Waals surface area contributed by atoms with Gasteiger partial charge in [-0.3, -0.25) is 19.2 Å². The second-order valence-electron chi connectivity index (χ2n) is 6.22. The number of hydrogen-bond acceptors (Lipinski definition) is 4. The molecule has 3 saturated carbocycles. The van der Waals surface area contributed by atoms with E-state index in [1.54, 1.807) is 0 Å². The van der Waals surface area contributed by atoms with Crippen molar-refractivity contribution in [2.24, 2.45) is 23.7 Å². The number of imide groups is 1. The van der Waals surface area contributed by atoms with Crippen LogP contribution >= 0.6 is 23.2 Å². The number of nitrogens with zero attached hydrogens (tertiary/aromatic N) is 1. The first kappa shape index (κ1) is 14.8. The maximum absolute atomic E-state index is 12.8. The predicted octanol–water partition coefficient (Wildman–Crippen LogP) is 2.28. The van der Waals surface area contributed by atoms with E-state index >= 15 is 0 Å². The zero-order valence-corrected chi connectivity index (χ0v) is 13.3. The van der Waals surface area contributed by atoms with E-state index in [0.29, 0.717) is 10.7 Å². The fraction of sp³-hybridized carbons (Fsp3) is 0.375. The first-order chi connectivity index (χ1) is 10.9. The minimum atomic E-state index is -0.721. The third kappa shape index (κ3) is 1.93. The minimum absolute atomic E-state index is 0.0684. The molecule has 0 unspecified atom stereocenters. The van der Waals surface area contributed by atoms with E-state index in [1.165, 1.54) is 18.2 Å². The summed E-state index contributed by atoms with van der Waals surface area (Å²) in [7, 11) is 0. The lowest BCUT2D eigenvalue weighted by atomic mass is 9.58. The molecule has 7 heteroatoms. The van der Waals surface area contributed by atoms with Gasteiger partial charge in [-0.2, -0.15) is 0 Å². The fourth-order valence-electron chi connectivity index (χ4n) is 4.06. The van der Waals surface area contributed by atoms with Crippen LogP contribution in [0.4, 0.5) is 5.69 Å². The van der Waals surface area contributed by atoms with E-state index in [2.05, 4.69) is 0 Å². The second kappa shape index (κ2) is 4.89. The number of carbonyl (C=O) groups excluding carboxylic acids is 4. The van der Waals surface area contributed by atoms with E-state index in [-0.39, 0.29) is 29.4 Å². The summed E-state index contributed by atoms with van der Waals surface area (Å²) in [6.07, 6.45) is 0.137. The summed E-state index contributed by atoms with van der Waals surface area (Å²) in [5.41, 5.74) is 0.322. The summed E-state index contributed by atoms with van der Waals surface area (Å²) < 4.78 is 0. The Morgan fingerprint density at radius 2 is 1.35 bits per heavy atom. The highest BCUT2D eigenvalue weighted by molar-refractivity contribution is 6.42. The summed E-state index contributed by atoms with van der Waals surface area (Å²) in [6.45, 7) is 0. The molecule has 4 fully saturated rings. The Morgan fingerprint density at radius 3 is 1.83 bits per heavy atom. The molecule has 0 radical (unpaired) electrons. The standard InChI is InChI=1S/C16H11Cl2NO4/c17-9-2-1-6(3-10(9)18)19-15(22)13-7-4-11(20)8(5-12(7)21)14(13)16(19)23/h1-3,7-8,13-14H,4-5H2/t7-,8+,13-,14-/m1/s1. The topological polar surface area (TPSA) is 71.5 Å². The van der Waals surface area contributed by atoms with Crippen molar-refractivity contribution in [1.29, 1.82) is 0 Å².